The SMILES string of the molecule is CSCO[C@H]1C[C@@H](n2c(I)nc3c(=O)[nH]c(NC(=O)C(C)C)nc32)O[C@H]1CO[Si](C)(C)C(C)(C)C. The summed E-state index contributed by atoms with van der Waals surface area (Å²) in [5.74, 6) is 0.140. The van der Waals surface area contributed by atoms with Crippen molar-refractivity contribution in [2.45, 2.75) is 77.6 Å². The number of nitrogens with one attached hydrogen (secondary N) is 2. The fourth-order valence-corrected chi connectivity index (χ4v) is 5.48. The monoisotopic (exact) mass is 637 g/mol. The Balaban J connectivity index is 1.91. The number of thioether (sulfide) groups is 1. The maximum absolute atomic E-state index is 12.7. The molecule has 0 aromatic carbocycles. The van der Waals surface area contributed by atoms with Crippen molar-refractivity contribution >= 4 is 65.7 Å². The van der Waals surface area contributed by atoms with E-state index in [0.717, 1.165) is 0 Å². The summed E-state index contributed by atoms with van der Waals surface area (Å²) in [7, 11) is -1.98. The second-order valence-corrected chi connectivity index (χ2v) is 17.1. The number of imidazole rings is 1. The van der Waals surface area contributed by atoms with E-state index in [4.69, 9.17) is 13.9 Å². The van der Waals surface area contributed by atoms with Gasteiger partial charge in [-0.05, 0) is 24.4 Å². The van der Waals surface area contributed by atoms with E-state index in [1.807, 2.05) is 6.26 Å². The molecule has 1 fully saturated rings. The van der Waals surface area contributed by atoms with E-state index in [1.54, 1.807) is 30.2 Å². The Morgan fingerprint density at radius 2 is 2.06 bits per heavy atom. The summed E-state index contributed by atoms with van der Waals surface area (Å²) in [5.41, 5.74) is 0.136. The topological polar surface area (TPSA) is 120 Å². The number of fused-ring (bicyclic) bond motifs is 1. The number of aromatic amines is 1. The number of hydrogen-bond acceptors (Lipinski definition) is 8. The fraction of sp³-hybridized carbons (Fsp3) is 0.727. The van der Waals surface area contributed by atoms with Crippen LogP contribution in [0.4, 0.5) is 5.95 Å². The number of ether oxygens (including phenoxy) is 2. The van der Waals surface area contributed by atoms with Gasteiger partial charge in [0.1, 0.15) is 12.3 Å². The molecule has 3 rings (SSSR count). The van der Waals surface area contributed by atoms with Gasteiger partial charge in [0.25, 0.3) is 5.56 Å². The van der Waals surface area contributed by atoms with Crippen molar-refractivity contribution in [2.24, 2.45) is 5.92 Å². The summed E-state index contributed by atoms with van der Waals surface area (Å²) in [6, 6.07) is 0. The largest absolute Gasteiger partial charge is 0.414 e. The fourth-order valence-electron chi connectivity index (χ4n) is 3.38. The van der Waals surface area contributed by atoms with E-state index < -0.39 is 20.1 Å². The number of carbonyl (C=O) groups is 1. The number of rotatable bonds is 9. The lowest BCUT2D eigenvalue weighted by Gasteiger charge is -2.37. The van der Waals surface area contributed by atoms with E-state index in [0.29, 0.717) is 28.4 Å². The van der Waals surface area contributed by atoms with Gasteiger partial charge >= 0.3 is 0 Å². The van der Waals surface area contributed by atoms with Crippen molar-refractivity contribution in [3.63, 3.8) is 0 Å². The zero-order chi connectivity index (χ0) is 26.1. The van der Waals surface area contributed by atoms with E-state index >= 15 is 0 Å². The molecule has 0 unspecified atom stereocenters. The van der Waals surface area contributed by atoms with Crippen molar-refractivity contribution in [3.8, 4) is 0 Å². The van der Waals surface area contributed by atoms with Gasteiger partial charge in [0.15, 0.2) is 23.3 Å². The van der Waals surface area contributed by atoms with Gasteiger partial charge in [-0.3, -0.25) is 24.5 Å². The van der Waals surface area contributed by atoms with Gasteiger partial charge in [-0.1, -0.05) is 34.6 Å². The van der Waals surface area contributed by atoms with Crippen molar-refractivity contribution in [3.05, 3.63) is 14.2 Å². The first-order chi connectivity index (χ1) is 16.2. The number of carbonyl (C=O) groups excluding carboxylic acids is 1. The van der Waals surface area contributed by atoms with Crippen LogP contribution in [0.15, 0.2) is 4.79 Å². The quantitative estimate of drug-likeness (QED) is 0.181. The molecule has 2 aromatic rings. The maximum atomic E-state index is 12.7. The number of anilines is 1. The molecule has 0 spiro atoms. The van der Waals surface area contributed by atoms with Crippen LogP contribution in [-0.4, -0.2) is 64.8 Å². The van der Waals surface area contributed by atoms with Crippen LogP contribution in [0.25, 0.3) is 11.2 Å². The molecule has 0 bridgehead atoms. The van der Waals surface area contributed by atoms with E-state index in [2.05, 4.69) is 76.7 Å². The summed E-state index contributed by atoms with van der Waals surface area (Å²) >= 11 is 3.68. The standard InChI is InChI=1S/C22H36IN5O5SSi/c1-12(2)18(29)26-21-25-17-16(19(30)27-21)24-20(23)28(17)15-9-13(31-11-34-6)14(33-15)10-32-35(7,8)22(3,4)5/h12-15H,9-11H2,1-8H3,(H2,25,26,27,29,30)/t13-,14-,15-/m0/s1. The third kappa shape index (κ3) is 6.47. The highest BCUT2D eigenvalue weighted by atomic mass is 127. The minimum Gasteiger partial charge on any atom is -0.414 e. The molecule has 35 heavy (non-hydrogen) atoms. The van der Waals surface area contributed by atoms with Gasteiger partial charge in [-0.15, -0.1) is 11.8 Å². The second-order valence-electron chi connectivity index (χ2n) is 10.5. The zero-order valence-corrected chi connectivity index (χ0v) is 25.6. The zero-order valence-electron chi connectivity index (χ0n) is 21.6. The van der Waals surface area contributed by atoms with Crippen molar-refractivity contribution < 1.29 is 18.7 Å². The van der Waals surface area contributed by atoms with E-state index in [1.165, 1.54) is 0 Å². The summed E-state index contributed by atoms with van der Waals surface area (Å²) < 4.78 is 21.4. The molecule has 1 aliphatic heterocycles. The number of hydrogen-bond donors (Lipinski definition) is 2. The molecule has 0 saturated carbocycles. The second kappa shape index (κ2) is 11.2. The smallest absolute Gasteiger partial charge is 0.280 e. The van der Waals surface area contributed by atoms with Gasteiger partial charge < -0.3 is 13.9 Å². The third-order valence-electron chi connectivity index (χ3n) is 6.56. The average Bonchev–Trinajstić information content (AvgIpc) is 3.29. The van der Waals surface area contributed by atoms with E-state index in [9.17, 15) is 9.59 Å². The molecule has 2 N–H and O–H groups in total. The maximum Gasteiger partial charge on any atom is 0.280 e. The molecule has 2 aromatic heterocycles. The minimum atomic E-state index is -1.98. The number of nitrogens with zero attached hydrogens (tertiary/aromatic N) is 3. The van der Waals surface area contributed by atoms with Crippen LogP contribution in [0.1, 0.15) is 47.3 Å². The predicted octanol–water partition coefficient (Wildman–Crippen LogP) is 4.33. The lowest BCUT2D eigenvalue weighted by Crippen LogP contribution is -2.44. The molecule has 0 radical (unpaired) electrons. The molecule has 3 atom stereocenters. The van der Waals surface area contributed by atoms with Crippen LogP contribution in [-0.2, 0) is 18.7 Å². The van der Waals surface area contributed by atoms with Gasteiger partial charge in [0.05, 0.1) is 18.6 Å². The summed E-state index contributed by atoms with van der Waals surface area (Å²) in [4.78, 5) is 36.4. The van der Waals surface area contributed by atoms with Crippen LogP contribution >= 0.6 is 34.4 Å². The van der Waals surface area contributed by atoms with Crippen molar-refractivity contribution in [1.29, 1.82) is 0 Å². The van der Waals surface area contributed by atoms with Crippen LogP contribution < -0.4 is 10.9 Å². The first-order valence-corrected chi connectivity index (χ1v) is 17.0. The van der Waals surface area contributed by atoms with Crippen LogP contribution in [0, 0.1) is 9.75 Å². The van der Waals surface area contributed by atoms with Gasteiger partial charge in [0, 0.05) is 34.9 Å². The molecule has 1 amide bonds. The van der Waals surface area contributed by atoms with Gasteiger partial charge in [-0.25, -0.2) is 4.98 Å². The highest BCUT2D eigenvalue weighted by molar-refractivity contribution is 14.1. The van der Waals surface area contributed by atoms with Crippen LogP contribution in [0.3, 0.4) is 0 Å². The number of H-pyrrole nitrogens is 1. The molecule has 1 aliphatic rings. The first-order valence-electron chi connectivity index (χ1n) is 11.6. The lowest BCUT2D eigenvalue weighted by atomic mass is 10.2. The predicted molar refractivity (Wildman–Crippen MR) is 149 cm³/mol. The minimum absolute atomic E-state index is 0.0817. The summed E-state index contributed by atoms with van der Waals surface area (Å²) in [6.07, 6.45) is 1.68. The van der Waals surface area contributed by atoms with Crippen LogP contribution in [0.2, 0.25) is 18.1 Å². The van der Waals surface area contributed by atoms with Gasteiger partial charge in [-0.2, -0.15) is 4.98 Å². The normalized spacial score (nSPS) is 21.3. The molecular weight excluding hydrogens is 601 g/mol. The molecule has 3 heterocycles. The van der Waals surface area contributed by atoms with E-state index in [-0.39, 0.29) is 40.5 Å². The van der Waals surface area contributed by atoms with Gasteiger partial charge in [0.2, 0.25) is 11.9 Å². The third-order valence-corrected chi connectivity index (χ3v) is 12.2. The Bertz CT molecular complexity index is 1120. The number of halogens is 1. The van der Waals surface area contributed by atoms with Crippen LogP contribution in [0.5, 0.6) is 0 Å². The molecule has 0 aliphatic carbocycles. The number of aromatic nitrogens is 4. The first kappa shape index (κ1) is 28.6. The average molecular weight is 638 g/mol. The Labute approximate surface area is 224 Å². The summed E-state index contributed by atoms with van der Waals surface area (Å²) in [5, 5.41) is 2.75. The van der Waals surface area contributed by atoms with Crippen molar-refractivity contribution in [2.75, 3.05) is 24.1 Å². The molecule has 10 nitrogen and oxygen atoms in total. The molecule has 13 heteroatoms. The Hall–Kier alpha value is -1.00. The Kier molecular flexibility index (Phi) is 9.12. The molecule has 1 saturated heterocycles. The highest BCUT2D eigenvalue weighted by Gasteiger charge is 2.42. The van der Waals surface area contributed by atoms with Crippen molar-refractivity contribution in [1.82, 2.24) is 19.5 Å². The molecular formula is C22H36IN5O5SSi. The summed E-state index contributed by atoms with van der Waals surface area (Å²) in [6.45, 7) is 15.0. The Morgan fingerprint density at radius 1 is 1.37 bits per heavy atom. The highest BCUT2D eigenvalue weighted by Crippen LogP contribution is 2.39. The Morgan fingerprint density at radius 3 is 2.66 bits per heavy atom. The number of amides is 1. The lowest BCUT2D eigenvalue weighted by molar-refractivity contribution is -0.118. The molecule has 196 valence electrons.